The number of fused-ring (bicyclic) bond motifs is 1. The van der Waals surface area contributed by atoms with Crippen LogP contribution in [-0.4, -0.2) is 37.7 Å². The summed E-state index contributed by atoms with van der Waals surface area (Å²) < 4.78 is 4.03. The van der Waals surface area contributed by atoms with Crippen molar-refractivity contribution in [1.82, 2.24) is 19.2 Å². The second-order valence-corrected chi connectivity index (χ2v) is 7.05. The van der Waals surface area contributed by atoms with Crippen LogP contribution in [-0.2, 0) is 13.6 Å². The first-order valence-corrected chi connectivity index (χ1v) is 8.97. The molecule has 130 valence electrons. The minimum Gasteiger partial charge on any atom is -0.351 e. The van der Waals surface area contributed by atoms with Crippen molar-refractivity contribution in [2.75, 3.05) is 6.54 Å². The summed E-state index contributed by atoms with van der Waals surface area (Å²) in [4.78, 5) is 15.4. The SMILES string of the molecule is Cc1cnn(C[C@H]2CCCCN2C(=O)c2cccc3c2ccn3C)c1. The Morgan fingerprint density at radius 3 is 2.96 bits per heavy atom. The lowest BCUT2D eigenvalue weighted by molar-refractivity contribution is 0.0586. The van der Waals surface area contributed by atoms with E-state index in [1.54, 1.807) is 0 Å². The standard InChI is InChI=1S/C20H24N4O/c1-15-12-21-23(13-15)14-16-6-3-4-10-24(16)20(25)18-7-5-8-19-17(18)9-11-22(19)2/h5,7-9,11-13,16H,3-4,6,10,14H2,1-2H3/t16-/m1/s1. The van der Waals surface area contributed by atoms with Crippen LogP contribution < -0.4 is 0 Å². The van der Waals surface area contributed by atoms with Gasteiger partial charge in [-0.05, 0) is 49.9 Å². The molecule has 1 atom stereocenters. The molecule has 3 heterocycles. The smallest absolute Gasteiger partial charge is 0.254 e. The maximum absolute atomic E-state index is 13.3. The van der Waals surface area contributed by atoms with Gasteiger partial charge in [-0.3, -0.25) is 9.48 Å². The van der Waals surface area contributed by atoms with Gasteiger partial charge in [0.2, 0.25) is 0 Å². The molecule has 0 radical (unpaired) electrons. The van der Waals surface area contributed by atoms with E-state index in [2.05, 4.69) is 26.8 Å². The Balaban J connectivity index is 1.64. The number of piperidine rings is 1. The van der Waals surface area contributed by atoms with Crippen LogP contribution in [0.25, 0.3) is 10.9 Å². The molecule has 0 unspecified atom stereocenters. The van der Waals surface area contributed by atoms with Gasteiger partial charge in [0.15, 0.2) is 0 Å². The van der Waals surface area contributed by atoms with Gasteiger partial charge in [0.1, 0.15) is 0 Å². The van der Waals surface area contributed by atoms with E-state index in [0.717, 1.165) is 48.0 Å². The van der Waals surface area contributed by atoms with Crippen molar-refractivity contribution < 1.29 is 4.79 Å². The highest BCUT2D eigenvalue weighted by atomic mass is 16.2. The maximum atomic E-state index is 13.3. The number of aryl methyl sites for hydroxylation is 2. The van der Waals surface area contributed by atoms with E-state index < -0.39 is 0 Å². The lowest BCUT2D eigenvalue weighted by Gasteiger charge is -2.36. The Hall–Kier alpha value is -2.56. The molecule has 5 nitrogen and oxygen atoms in total. The highest BCUT2D eigenvalue weighted by Gasteiger charge is 2.29. The number of amides is 1. The minimum absolute atomic E-state index is 0.144. The number of aromatic nitrogens is 3. The molecule has 0 spiro atoms. The third-order valence-electron chi connectivity index (χ3n) is 5.21. The number of likely N-dealkylation sites (tertiary alicyclic amines) is 1. The van der Waals surface area contributed by atoms with Crippen LogP contribution in [0.2, 0.25) is 0 Å². The van der Waals surface area contributed by atoms with Gasteiger partial charge >= 0.3 is 0 Å². The van der Waals surface area contributed by atoms with Crippen LogP contribution in [0.15, 0.2) is 42.9 Å². The molecule has 4 rings (SSSR count). The zero-order chi connectivity index (χ0) is 17.4. The first-order valence-electron chi connectivity index (χ1n) is 8.97. The number of carbonyl (C=O) groups is 1. The monoisotopic (exact) mass is 336 g/mol. The van der Waals surface area contributed by atoms with Crippen LogP contribution in [0.3, 0.4) is 0 Å². The number of hydrogen-bond acceptors (Lipinski definition) is 2. The fourth-order valence-electron chi connectivity index (χ4n) is 3.88. The number of benzene rings is 1. The summed E-state index contributed by atoms with van der Waals surface area (Å²) in [5, 5.41) is 5.44. The van der Waals surface area contributed by atoms with Crippen LogP contribution in [0, 0.1) is 6.92 Å². The van der Waals surface area contributed by atoms with E-state index in [9.17, 15) is 4.79 Å². The van der Waals surface area contributed by atoms with Gasteiger partial charge in [0, 0.05) is 42.5 Å². The number of rotatable bonds is 3. The van der Waals surface area contributed by atoms with Crippen LogP contribution in [0.5, 0.6) is 0 Å². The molecule has 1 aliphatic rings. The Morgan fingerprint density at radius 1 is 1.28 bits per heavy atom. The van der Waals surface area contributed by atoms with Crippen molar-refractivity contribution in [3.63, 3.8) is 0 Å². The maximum Gasteiger partial charge on any atom is 0.254 e. The summed E-state index contributed by atoms with van der Waals surface area (Å²) in [6.07, 6.45) is 9.22. The summed E-state index contributed by atoms with van der Waals surface area (Å²) in [7, 11) is 2.01. The Kier molecular flexibility index (Phi) is 4.07. The van der Waals surface area contributed by atoms with Crippen LogP contribution >= 0.6 is 0 Å². The summed E-state index contributed by atoms with van der Waals surface area (Å²) in [5.41, 5.74) is 3.06. The first kappa shape index (κ1) is 15.9. The van der Waals surface area contributed by atoms with Crippen molar-refractivity contribution >= 4 is 16.8 Å². The van der Waals surface area contributed by atoms with Crippen molar-refractivity contribution in [2.45, 2.75) is 38.8 Å². The number of nitrogens with zero attached hydrogens (tertiary/aromatic N) is 4. The normalized spacial score (nSPS) is 18.0. The number of hydrogen-bond donors (Lipinski definition) is 0. The Labute approximate surface area is 147 Å². The molecule has 2 aromatic heterocycles. The topological polar surface area (TPSA) is 43.1 Å². The average molecular weight is 336 g/mol. The molecule has 0 aliphatic carbocycles. The van der Waals surface area contributed by atoms with Crippen molar-refractivity contribution in [3.05, 3.63) is 54.0 Å². The largest absolute Gasteiger partial charge is 0.351 e. The summed E-state index contributed by atoms with van der Waals surface area (Å²) in [5.74, 6) is 0.144. The highest BCUT2D eigenvalue weighted by molar-refractivity contribution is 6.06. The second-order valence-electron chi connectivity index (χ2n) is 7.05. The fourth-order valence-corrected chi connectivity index (χ4v) is 3.88. The predicted octanol–water partition coefficient (Wildman–Crippen LogP) is 3.38. The molecule has 1 fully saturated rings. The molecular formula is C20H24N4O. The molecule has 3 aromatic rings. The zero-order valence-corrected chi connectivity index (χ0v) is 14.9. The minimum atomic E-state index is 0.144. The van der Waals surface area contributed by atoms with E-state index >= 15 is 0 Å². The van der Waals surface area contributed by atoms with Crippen LogP contribution in [0.1, 0.15) is 35.2 Å². The molecular weight excluding hydrogens is 312 g/mol. The Bertz CT molecular complexity index is 907. The summed E-state index contributed by atoms with van der Waals surface area (Å²) in [6, 6.07) is 8.24. The van der Waals surface area contributed by atoms with E-state index in [4.69, 9.17) is 0 Å². The Morgan fingerprint density at radius 2 is 2.16 bits per heavy atom. The first-order chi connectivity index (χ1) is 12.1. The van der Waals surface area contributed by atoms with Crippen LogP contribution in [0.4, 0.5) is 0 Å². The lowest BCUT2D eigenvalue weighted by atomic mass is 9.99. The summed E-state index contributed by atoms with van der Waals surface area (Å²) >= 11 is 0. The van der Waals surface area contributed by atoms with E-state index in [1.165, 1.54) is 6.42 Å². The molecule has 0 bridgehead atoms. The van der Waals surface area contributed by atoms with E-state index in [-0.39, 0.29) is 11.9 Å². The van der Waals surface area contributed by atoms with Gasteiger partial charge in [-0.1, -0.05) is 6.07 Å². The molecule has 0 saturated carbocycles. The highest BCUT2D eigenvalue weighted by Crippen LogP contribution is 2.25. The van der Waals surface area contributed by atoms with Gasteiger partial charge in [-0.2, -0.15) is 5.10 Å². The lowest BCUT2D eigenvalue weighted by Crippen LogP contribution is -2.46. The second kappa shape index (κ2) is 6.39. The zero-order valence-electron chi connectivity index (χ0n) is 14.9. The molecule has 1 amide bonds. The molecule has 1 saturated heterocycles. The molecule has 25 heavy (non-hydrogen) atoms. The third kappa shape index (κ3) is 2.95. The van der Waals surface area contributed by atoms with Gasteiger partial charge in [-0.15, -0.1) is 0 Å². The fraction of sp³-hybridized carbons (Fsp3) is 0.400. The van der Waals surface area contributed by atoms with Gasteiger partial charge in [0.05, 0.1) is 18.8 Å². The number of carbonyl (C=O) groups excluding carboxylic acids is 1. The molecule has 1 aliphatic heterocycles. The van der Waals surface area contributed by atoms with E-state index in [0.29, 0.717) is 0 Å². The molecule has 5 heteroatoms. The average Bonchev–Trinajstić information content (AvgIpc) is 3.21. The van der Waals surface area contributed by atoms with Gasteiger partial charge < -0.3 is 9.47 Å². The van der Waals surface area contributed by atoms with E-state index in [1.807, 2.05) is 49.2 Å². The quantitative estimate of drug-likeness (QED) is 0.736. The predicted molar refractivity (Wildman–Crippen MR) is 98.6 cm³/mol. The van der Waals surface area contributed by atoms with Gasteiger partial charge in [0.25, 0.3) is 5.91 Å². The molecule has 1 aromatic carbocycles. The van der Waals surface area contributed by atoms with Crippen molar-refractivity contribution in [1.29, 1.82) is 0 Å². The van der Waals surface area contributed by atoms with Crippen molar-refractivity contribution in [2.24, 2.45) is 7.05 Å². The summed E-state index contributed by atoms with van der Waals surface area (Å²) in [6.45, 7) is 3.64. The van der Waals surface area contributed by atoms with Gasteiger partial charge in [-0.25, -0.2) is 0 Å². The molecule has 0 N–H and O–H groups in total. The third-order valence-corrected chi connectivity index (χ3v) is 5.21. The van der Waals surface area contributed by atoms with Crippen molar-refractivity contribution in [3.8, 4) is 0 Å².